The predicted octanol–water partition coefficient (Wildman–Crippen LogP) is 3.99. The van der Waals surface area contributed by atoms with Gasteiger partial charge >= 0.3 is 0 Å². The van der Waals surface area contributed by atoms with Crippen molar-refractivity contribution >= 4 is 11.5 Å². The van der Waals surface area contributed by atoms with Gasteiger partial charge < -0.3 is 4.90 Å². The number of nitrogens with zero attached hydrogens (tertiary/aromatic N) is 2. The van der Waals surface area contributed by atoms with Gasteiger partial charge in [-0.15, -0.1) is 0 Å². The van der Waals surface area contributed by atoms with Crippen LogP contribution in [0.25, 0.3) is 0 Å². The topological polar surface area (TPSA) is 23.6 Å². The van der Waals surface area contributed by atoms with Crippen LogP contribution in [-0.4, -0.2) is 36.9 Å². The molecule has 1 saturated heterocycles. The highest BCUT2D eigenvalue weighted by atomic mass is 16.1. The van der Waals surface area contributed by atoms with Crippen molar-refractivity contribution in [1.82, 2.24) is 4.90 Å². The Morgan fingerprint density at radius 2 is 1.67 bits per heavy atom. The third kappa shape index (κ3) is 4.04. The summed E-state index contributed by atoms with van der Waals surface area (Å²) in [5.74, 6) is 0.128. The van der Waals surface area contributed by atoms with Crippen molar-refractivity contribution in [2.75, 3.05) is 25.0 Å². The smallest absolute Gasteiger partial charge is 0.159 e. The number of rotatable bonds is 5. The Balaban J connectivity index is 1.54. The van der Waals surface area contributed by atoms with Crippen molar-refractivity contribution in [3.05, 3.63) is 65.7 Å². The van der Waals surface area contributed by atoms with Crippen LogP contribution in [0, 0.1) is 0 Å². The molecular formula is C21H26N2O. The van der Waals surface area contributed by atoms with E-state index >= 15 is 0 Å². The molecule has 1 heterocycles. The van der Waals surface area contributed by atoms with Crippen molar-refractivity contribution in [3.63, 3.8) is 0 Å². The predicted molar refractivity (Wildman–Crippen MR) is 99.6 cm³/mol. The summed E-state index contributed by atoms with van der Waals surface area (Å²) in [6.07, 6.45) is 2.36. The summed E-state index contributed by atoms with van der Waals surface area (Å²) < 4.78 is 0. The summed E-state index contributed by atoms with van der Waals surface area (Å²) in [6, 6.07) is 19.3. The second-order valence-electron chi connectivity index (χ2n) is 6.72. The van der Waals surface area contributed by atoms with Gasteiger partial charge in [0.2, 0.25) is 0 Å². The monoisotopic (exact) mass is 322 g/mol. The molecule has 1 fully saturated rings. The minimum Gasteiger partial charge on any atom is -0.371 e. The average Bonchev–Trinajstić information content (AvgIpc) is 2.63. The van der Waals surface area contributed by atoms with Crippen LogP contribution in [0.2, 0.25) is 0 Å². The maximum atomic E-state index is 11.4. The molecule has 0 unspecified atom stereocenters. The summed E-state index contributed by atoms with van der Waals surface area (Å²) >= 11 is 0. The lowest BCUT2D eigenvalue weighted by Crippen LogP contribution is -2.43. The fraction of sp³-hybridized carbons (Fsp3) is 0.381. The minimum atomic E-state index is 0.128. The van der Waals surface area contributed by atoms with Crippen LogP contribution >= 0.6 is 0 Å². The van der Waals surface area contributed by atoms with Crippen molar-refractivity contribution in [2.45, 2.75) is 32.4 Å². The summed E-state index contributed by atoms with van der Waals surface area (Å²) in [5.41, 5.74) is 3.39. The zero-order chi connectivity index (χ0) is 16.9. The molecule has 0 saturated carbocycles. The molecule has 0 amide bonds. The Bertz CT molecular complexity index is 658. The molecule has 1 aliphatic heterocycles. The van der Waals surface area contributed by atoms with Crippen molar-refractivity contribution in [2.24, 2.45) is 0 Å². The number of piperidine rings is 1. The number of carbonyl (C=O) groups excluding carboxylic acids is 1. The maximum Gasteiger partial charge on any atom is 0.159 e. The zero-order valence-corrected chi connectivity index (χ0v) is 14.6. The normalized spacial score (nSPS) is 15.7. The molecule has 0 bridgehead atoms. The van der Waals surface area contributed by atoms with Crippen molar-refractivity contribution < 1.29 is 4.79 Å². The maximum absolute atomic E-state index is 11.4. The molecule has 3 heteroatoms. The third-order valence-corrected chi connectivity index (χ3v) is 5.00. The number of ketones is 1. The van der Waals surface area contributed by atoms with E-state index in [4.69, 9.17) is 0 Å². The van der Waals surface area contributed by atoms with E-state index in [9.17, 15) is 4.79 Å². The lowest BCUT2D eigenvalue weighted by Gasteiger charge is -2.38. The highest BCUT2D eigenvalue weighted by Crippen LogP contribution is 2.23. The van der Waals surface area contributed by atoms with Crippen LogP contribution in [0.15, 0.2) is 54.6 Å². The van der Waals surface area contributed by atoms with Gasteiger partial charge in [0, 0.05) is 36.9 Å². The van der Waals surface area contributed by atoms with Gasteiger partial charge in [-0.2, -0.15) is 0 Å². The van der Waals surface area contributed by atoms with E-state index in [1.54, 1.807) is 6.92 Å². The molecule has 126 valence electrons. The minimum absolute atomic E-state index is 0.128. The molecule has 24 heavy (non-hydrogen) atoms. The van der Waals surface area contributed by atoms with Crippen LogP contribution < -0.4 is 4.90 Å². The fourth-order valence-electron chi connectivity index (χ4n) is 3.47. The first kappa shape index (κ1) is 16.7. The first-order chi connectivity index (χ1) is 11.6. The molecule has 3 nitrogen and oxygen atoms in total. The van der Waals surface area contributed by atoms with Crippen LogP contribution in [0.3, 0.4) is 0 Å². The third-order valence-electron chi connectivity index (χ3n) is 5.00. The summed E-state index contributed by atoms with van der Waals surface area (Å²) in [6.45, 7) is 4.77. The number of hydrogen-bond donors (Lipinski definition) is 0. The standard InChI is InChI=1S/C21H26N2O/c1-17(24)19-8-10-21(11-9-19)23-14-12-20(13-15-23)22(2)16-18-6-4-3-5-7-18/h3-11,20H,12-16H2,1-2H3. The second kappa shape index (κ2) is 7.63. The van der Waals surface area contributed by atoms with E-state index in [0.717, 1.165) is 25.2 Å². The van der Waals surface area contributed by atoms with Gasteiger partial charge in [0.15, 0.2) is 5.78 Å². The summed E-state index contributed by atoms with van der Waals surface area (Å²) in [7, 11) is 2.23. The van der Waals surface area contributed by atoms with E-state index in [2.05, 4.69) is 59.3 Å². The average molecular weight is 322 g/mol. The van der Waals surface area contributed by atoms with Crippen molar-refractivity contribution in [3.8, 4) is 0 Å². The van der Waals surface area contributed by atoms with Gasteiger partial charge in [-0.1, -0.05) is 30.3 Å². The van der Waals surface area contributed by atoms with Gasteiger partial charge in [0.25, 0.3) is 0 Å². The molecule has 0 N–H and O–H groups in total. The van der Waals surface area contributed by atoms with Gasteiger partial charge in [-0.05, 0) is 56.6 Å². The van der Waals surface area contributed by atoms with Crippen LogP contribution in [0.5, 0.6) is 0 Å². The molecule has 0 spiro atoms. The van der Waals surface area contributed by atoms with E-state index in [0.29, 0.717) is 6.04 Å². The Morgan fingerprint density at radius 1 is 1.04 bits per heavy atom. The number of benzene rings is 2. The van der Waals surface area contributed by atoms with Gasteiger partial charge in [0.05, 0.1) is 0 Å². The zero-order valence-electron chi connectivity index (χ0n) is 14.6. The van der Waals surface area contributed by atoms with Crippen LogP contribution in [0.1, 0.15) is 35.7 Å². The van der Waals surface area contributed by atoms with E-state index < -0.39 is 0 Å². The highest BCUT2D eigenvalue weighted by molar-refractivity contribution is 5.94. The molecule has 0 radical (unpaired) electrons. The largest absolute Gasteiger partial charge is 0.371 e. The highest BCUT2D eigenvalue weighted by Gasteiger charge is 2.22. The first-order valence-electron chi connectivity index (χ1n) is 8.73. The molecule has 2 aromatic carbocycles. The summed E-state index contributed by atoms with van der Waals surface area (Å²) in [5, 5.41) is 0. The first-order valence-corrected chi connectivity index (χ1v) is 8.73. The lowest BCUT2D eigenvalue weighted by atomic mass is 10.0. The van der Waals surface area contributed by atoms with Gasteiger partial charge in [-0.25, -0.2) is 0 Å². The molecular weight excluding hydrogens is 296 g/mol. The van der Waals surface area contributed by atoms with Crippen molar-refractivity contribution in [1.29, 1.82) is 0 Å². The fourth-order valence-corrected chi connectivity index (χ4v) is 3.47. The number of hydrogen-bond acceptors (Lipinski definition) is 3. The Kier molecular flexibility index (Phi) is 5.31. The Labute approximate surface area is 144 Å². The van der Waals surface area contributed by atoms with Gasteiger partial charge in [0.1, 0.15) is 0 Å². The number of carbonyl (C=O) groups is 1. The molecule has 3 rings (SSSR count). The number of anilines is 1. The van der Waals surface area contributed by atoms with E-state index in [1.807, 2.05) is 12.1 Å². The Morgan fingerprint density at radius 3 is 2.25 bits per heavy atom. The quantitative estimate of drug-likeness (QED) is 0.778. The molecule has 0 atom stereocenters. The van der Waals surface area contributed by atoms with Crippen LogP contribution in [-0.2, 0) is 6.54 Å². The van der Waals surface area contributed by atoms with E-state index in [-0.39, 0.29) is 5.78 Å². The second-order valence-corrected chi connectivity index (χ2v) is 6.72. The molecule has 2 aromatic rings. The molecule has 0 aromatic heterocycles. The Hall–Kier alpha value is -2.13. The SMILES string of the molecule is CC(=O)c1ccc(N2CCC(N(C)Cc3ccccc3)CC2)cc1. The summed E-state index contributed by atoms with van der Waals surface area (Å²) in [4.78, 5) is 16.3. The lowest BCUT2D eigenvalue weighted by molar-refractivity contribution is 0.101. The number of Topliss-reactive ketones (excluding diaryl/α,β-unsaturated/α-hetero) is 1. The van der Waals surface area contributed by atoms with E-state index in [1.165, 1.54) is 24.1 Å². The van der Waals surface area contributed by atoms with Crippen LogP contribution in [0.4, 0.5) is 5.69 Å². The van der Waals surface area contributed by atoms with Gasteiger partial charge in [-0.3, -0.25) is 9.69 Å². The molecule has 0 aliphatic carbocycles. The molecule has 1 aliphatic rings.